The molecular weight excluding hydrogens is 333 g/mol. The fourth-order valence-corrected chi connectivity index (χ4v) is 1.81. The first-order chi connectivity index (χ1) is 6.68. The van der Waals surface area contributed by atoms with Crippen LogP contribution >= 0.6 is 43.5 Å². The minimum Gasteiger partial charge on any atom is -0.347 e. The Morgan fingerprint density at radius 2 is 1.79 bits per heavy atom. The molecule has 0 N–H and O–H groups in total. The van der Waals surface area contributed by atoms with Crippen LogP contribution in [0.1, 0.15) is 0 Å². The van der Waals surface area contributed by atoms with Crippen LogP contribution in [0.3, 0.4) is 0 Å². The zero-order valence-corrected chi connectivity index (χ0v) is 10.7. The molecule has 0 bridgehead atoms. The van der Waals surface area contributed by atoms with Gasteiger partial charge in [0.25, 0.3) is 0 Å². The van der Waals surface area contributed by atoms with Gasteiger partial charge in [0.15, 0.2) is 0 Å². The summed E-state index contributed by atoms with van der Waals surface area (Å²) >= 11 is 12.4. The smallest absolute Gasteiger partial charge is 0.216 e. The molecule has 2 aromatic rings. The monoisotopic (exact) mass is 335 g/mol. The van der Waals surface area contributed by atoms with Crippen LogP contribution in [0.15, 0.2) is 37.9 Å². The van der Waals surface area contributed by atoms with Gasteiger partial charge in [-0.3, -0.25) is 0 Å². The average molecular weight is 337 g/mol. The highest BCUT2D eigenvalue weighted by Crippen LogP contribution is 2.33. The van der Waals surface area contributed by atoms with E-state index in [9.17, 15) is 0 Å². The number of rotatable bonds is 1. The Hall–Kier alpha value is -0.320. The van der Waals surface area contributed by atoms with E-state index in [2.05, 4.69) is 37.0 Å². The first-order valence-corrected chi connectivity index (χ1v) is 5.71. The topological polar surface area (TPSA) is 26.0 Å². The maximum Gasteiger partial charge on any atom is 0.216 e. The minimum absolute atomic E-state index is 0.586. The third kappa shape index (κ3) is 1.87. The zero-order chi connectivity index (χ0) is 10.1. The molecule has 1 aromatic carbocycles. The highest BCUT2D eigenvalue weighted by molar-refractivity contribution is 9.13. The van der Waals surface area contributed by atoms with Crippen molar-refractivity contribution in [1.29, 1.82) is 0 Å². The predicted octanol–water partition coefficient (Wildman–Crippen LogP) is 4.52. The van der Waals surface area contributed by atoms with E-state index in [4.69, 9.17) is 16.1 Å². The van der Waals surface area contributed by atoms with Gasteiger partial charge in [-0.2, -0.15) is 0 Å². The van der Waals surface area contributed by atoms with Gasteiger partial charge in [0.2, 0.25) is 4.67 Å². The lowest BCUT2D eigenvalue weighted by atomic mass is 10.2. The molecule has 0 saturated heterocycles. The summed E-state index contributed by atoms with van der Waals surface area (Å²) < 4.78 is 6.36. The molecule has 2 nitrogen and oxygen atoms in total. The third-order valence-corrected chi connectivity index (χ3v) is 3.78. The van der Waals surface area contributed by atoms with E-state index < -0.39 is 0 Å². The minimum atomic E-state index is 0.586. The normalized spacial score (nSPS) is 10.5. The van der Waals surface area contributed by atoms with Crippen molar-refractivity contribution in [2.24, 2.45) is 0 Å². The van der Waals surface area contributed by atoms with Crippen molar-refractivity contribution in [2.45, 2.75) is 0 Å². The number of hydrogen-bond acceptors (Lipinski definition) is 2. The Balaban J connectivity index is 2.49. The molecule has 2 rings (SSSR count). The fraction of sp³-hybridized carbons (Fsp3) is 0. The van der Waals surface area contributed by atoms with Crippen molar-refractivity contribution in [3.63, 3.8) is 0 Å². The molecule has 0 unspecified atom stereocenters. The van der Waals surface area contributed by atoms with Crippen molar-refractivity contribution < 1.29 is 4.52 Å². The molecule has 0 aliphatic rings. The van der Waals surface area contributed by atoms with Crippen molar-refractivity contribution in [1.82, 2.24) is 5.16 Å². The lowest BCUT2D eigenvalue weighted by molar-refractivity contribution is 0.401. The van der Waals surface area contributed by atoms with Crippen LogP contribution in [0.4, 0.5) is 0 Å². The molecule has 0 aliphatic carbocycles. The molecule has 0 radical (unpaired) electrons. The Kier molecular flexibility index (Phi) is 2.95. The first kappa shape index (κ1) is 10.2. The van der Waals surface area contributed by atoms with Gasteiger partial charge in [-0.1, -0.05) is 28.9 Å². The van der Waals surface area contributed by atoms with Gasteiger partial charge < -0.3 is 4.52 Å². The van der Waals surface area contributed by atoms with Gasteiger partial charge in [0, 0.05) is 10.6 Å². The molecule has 0 saturated carbocycles. The van der Waals surface area contributed by atoms with Crippen molar-refractivity contribution in [3.05, 3.63) is 38.4 Å². The van der Waals surface area contributed by atoms with E-state index in [0.717, 1.165) is 15.7 Å². The van der Waals surface area contributed by atoms with Gasteiger partial charge in [-0.25, -0.2) is 0 Å². The average Bonchev–Trinajstić information content (AvgIpc) is 2.50. The Labute approximate surface area is 102 Å². The number of hydrogen-bond donors (Lipinski definition) is 0. The van der Waals surface area contributed by atoms with E-state index in [1.54, 1.807) is 0 Å². The molecule has 1 aromatic heterocycles. The maximum atomic E-state index is 5.78. The summed E-state index contributed by atoms with van der Waals surface area (Å²) in [7, 11) is 0. The number of aromatic nitrogens is 1. The lowest BCUT2D eigenvalue weighted by Gasteiger charge is -1.95. The fourth-order valence-electron chi connectivity index (χ4n) is 1.05. The highest BCUT2D eigenvalue weighted by Gasteiger charge is 2.12. The summed E-state index contributed by atoms with van der Waals surface area (Å²) in [5.74, 6) is 0. The molecule has 14 heavy (non-hydrogen) atoms. The summed E-state index contributed by atoms with van der Waals surface area (Å²) in [4.78, 5) is 0. The second-order valence-corrected chi connectivity index (χ2v) is 4.58. The highest BCUT2D eigenvalue weighted by atomic mass is 79.9. The lowest BCUT2D eigenvalue weighted by Crippen LogP contribution is -1.77. The Morgan fingerprint density at radius 1 is 1.14 bits per heavy atom. The van der Waals surface area contributed by atoms with Crippen LogP contribution in [0, 0.1) is 0 Å². The summed E-state index contributed by atoms with van der Waals surface area (Å²) in [6, 6.07) is 7.40. The first-order valence-electron chi connectivity index (χ1n) is 3.75. The molecule has 72 valence electrons. The van der Waals surface area contributed by atoms with Crippen molar-refractivity contribution in [3.8, 4) is 11.3 Å². The molecular formula is C9H4Br2ClNO. The summed E-state index contributed by atoms with van der Waals surface area (Å²) in [6.45, 7) is 0. The van der Waals surface area contributed by atoms with Gasteiger partial charge in [-0.15, -0.1) is 0 Å². The Morgan fingerprint density at radius 3 is 2.29 bits per heavy atom. The van der Waals surface area contributed by atoms with E-state index in [1.807, 2.05) is 24.3 Å². The standard InChI is InChI=1S/C9H4Br2ClNO/c10-7-8(13-14-9(7)11)5-1-3-6(12)4-2-5/h1-4H. The van der Waals surface area contributed by atoms with E-state index in [-0.39, 0.29) is 0 Å². The predicted molar refractivity (Wildman–Crippen MR) is 62.3 cm³/mol. The van der Waals surface area contributed by atoms with Crippen LogP contribution in [0.5, 0.6) is 0 Å². The van der Waals surface area contributed by atoms with Crippen LogP contribution in [0.2, 0.25) is 5.02 Å². The van der Waals surface area contributed by atoms with Crippen LogP contribution < -0.4 is 0 Å². The summed E-state index contributed by atoms with van der Waals surface area (Å²) in [5.41, 5.74) is 1.71. The van der Waals surface area contributed by atoms with Crippen molar-refractivity contribution >= 4 is 43.5 Å². The number of nitrogens with zero attached hydrogens (tertiary/aromatic N) is 1. The molecule has 1 heterocycles. The van der Waals surface area contributed by atoms with Gasteiger partial charge in [0.1, 0.15) is 5.69 Å². The SMILES string of the molecule is Clc1ccc(-c2noc(Br)c2Br)cc1. The molecule has 0 spiro atoms. The van der Waals surface area contributed by atoms with Gasteiger partial charge in [-0.05, 0) is 44.0 Å². The third-order valence-electron chi connectivity index (χ3n) is 1.72. The van der Waals surface area contributed by atoms with Crippen LogP contribution in [-0.2, 0) is 0 Å². The van der Waals surface area contributed by atoms with Crippen LogP contribution in [-0.4, -0.2) is 5.16 Å². The second kappa shape index (κ2) is 4.04. The largest absolute Gasteiger partial charge is 0.347 e. The summed E-state index contributed by atoms with van der Waals surface area (Å²) in [6.07, 6.45) is 0. The molecule has 0 fully saturated rings. The zero-order valence-electron chi connectivity index (χ0n) is 6.80. The van der Waals surface area contributed by atoms with E-state index >= 15 is 0 Å². The maximum absolute atomic E-state index is 5.78. The number of halogens is 3. The van der Waals surface area contributed by atoms with Gasteiger partial charge in [0.05, 0.1) is 4.47 Å². The summed E-state index contributed by atoms with van der Waals surface area (Å²) in [5, 5.41) is 4.60. The van der Waals surface area contributed by atoms with Gasteiger partial charge >= 0.3 is 0 Å². The quantitative estimate of drug-likeness (QED) is 0.765. The molecule has 0 aliphatic heterocycles. The second-order valence-electron chi connectivity index (χ2n) is 2.63. The number of benzene rings is 1. The molecule has 0 amide bonds. The van der Waals surface area contributed by atoms with Crippen LogP contribution in [0.25, 0.3) is 11.3 Å². The van der Waals surface area contributed by atoms with E-state index in [1.165, 1.54) is 0 Å². The van der Waals surface area contributed by atoms with E-state index in [0.29, 0.717) is 9.69 Å². The molecule has 5 heteroatoms. The molecule has 0 atom stereocenters. The van der Waals surface area contributed by atoms with Crippen molar-refractivity contribution in [2.75, 3.05) is 0 Å². The Bertz CT molecular complexity index is 452.